The number of rotatable bonds is 4. The van der Waals surface area contributed by atoms with E-state index in [1.807, 2.05) is 24.3 Å². The van der Waals surface area contributed by atoms with E-state index in [4.69, 9.17) is 18.9 Å². The van der Waals surface area contributed by atoms with Crippen LogP contribution in [0.4, 0.5) is 0 Å². The molecule has 1 heterocycles. The van der Waals surface area contributed by atoms with Crippen LogP contribution in [-0.2, 0) is 28.5 Å². The summed E-state index contributed by atoms with van der Waals surface area (Å²) in [5.41, 5.74) is -0.749. The fourth-order valence-corrected chi connectivity index (χ4v) is 2.87. The Morgan fingerprint density at radius 3 is 1.80 bits per heavy atom. The van der Waals surface area contributed by atoms with Crippen LogP contribution in [0.15, 0.2) is 60.7 Å². The molecule has 2 atom stereocenters. The van der Waals surface area contributed by atoms with Gasteiger partial charge in [0.2, 0.25) is 0 Å². The number of hydrogen-bond donors (Lipinski definition) is 0. The van der Waals surface area contributed by atoms with Crippen LogP contribution in [0, 0.1) is 0 Å². The van der Waals surface area contributed by atoms with Gasteiger partial charge in [0, 0.05) is 5.56 Å². The third-order valence-electron chi connectivity index (χ3n) is 4.07. The van der Waals surface area contributed by atoms with Crippen molar-refractivity contribution in [1.82, 2.24) is 0 Å². The van der Waals surface area contributed by atoms with Crippen molar-refractivity contribution in [2.45, 2.75) is 18.0 Å². The van der Waals surface area contributed by atoms with E-state index in [1.165, 1.54) is 14.2 Å². The van der Waals surface area contributed by atoms with Crippen LogP contribution in [0.1, 0.15) is 23.5 Å². The molecular formula is C19H18O6. The Morgan fingerprint density at radius 2 is 1.32 bits per heavy atom. The molecule has 0 unspecified atom stereocenters. The highest BCUT2D eigenvalue weighted by Crippen LogP contribution is 2.48. The Labute approximate surface area is 145 Å². The second-order valence-corrected chi connectivity index (χ2v) is 5.51. The van der Waals surface area contributed by atoms with Gasteiger partial charge in [-0.3, -0.25) is 0 Å². The predicted molar refractivity (Wildman–Crippen MR) is 87.3 cm³/mol. The third kappa shape index (κ3) is 2.90. The molecule has 0 bridgehead atoms. The molecule has 2 aromatic carbocycles. The van der Waals surface area contributed by atoms with Crippen molar-refractivity contribution in [2.24, 2.45) is 0 Å². The highest BCUT2D eigenvalue weighted by molar-refractivity contribution is 6.05. The predicted octanol–water partition coefficient (Wildman–Crippen LogP) is 2.56. The lowest BCUT2D eigenvalue weighted by Gasteiger charge is -2.27. The van der Waals surface area contributed by atoms with Gasteiger partial charge in [0.1, 0.15) is 6.10 Å². The highest BCUT2D eigenvalue weighted by atomic mass is 16.8. The van der Waals surface area contributed by atoms with Gasteiger partial charge in [-0.1, -0.05) is 60.7 Å². The number of methoxy groups -OCH3 is 2. The molecule has 0 aliphatic carbocycles. The molecule has 0 radical (unpaired) electrons. The van der Waals surface area contributed by atoms with E-state index >= 15 is 0 Å². The first-order valence-corrected chi connectivity index (χ1v) is 7.73. The van der Waals surface area contributed by atoms with Crippen LogP contribution in [0.3, 0.4) is 0 Å². The monoisotopic (exact) mass is 342 g/mol. The molecule has 3 rings (SSSR count). The van der Waals surface area contributed by atoms with E-state index in [1.54, 1.807) is 36.4 Å². The fourth-order valence-electron chi connectivity index (χ4n) is 2.87. The number of ether oxygens (including phenoxy) is 4. The Balaban J connectivity index is 2.10. The third-order valence-corrected chi connectivity index (χ3v) is 4.07. The SMILES string of the molecule is COC(=O)C1(C(=O)OC)O[C@H](c2ccccc2)O[C@H]1c1ccccc1. The summed E-state index contributed by atoms with van der Waals surface area (Å²) in [5.74, 6) is -1.74. The molecule has 0 N–H and O–H groups in total. The molecule has 25 heavy (non-hydrogen) atoms. The summed E-state index contributed by atoms with van der Waals surface area (Å²) >= 11 is 0. The van der Waals surface area contributed by atoms with Crippen LogP contribution < -0.4 is 0 Å². The van der Waals surface area contributed by atoms with Crippen molar-refractivity contribution < 1.29 is 28.5 Å². The minimum Gasteiger partial charge on any atom is -0.466 e. The molecule has 1 aliphatic rings. The van der Waals surface area contributed by atoms with Gasteiger partial charge >= 0.3 is 11.9 Å². The lowest BCUT2D eigenvalue weighted by molar-refractivity contribution is -0.188. The lowest BCUT2D eigenvalue weighted by atomic mass is 9.91. The molecule has 0 amide bonds. The summed E-state index contributed by atoms with van der Waals surface area (Å²) in [6, 6.07) is 18.0. The van der Waals surface area contributed by atoms with Crippen molar-refractivity contribution in [2.75, 3.05) is 14.2 Å². The molecule has 1 saturated heterocycles. The smallest absolute Gasteiger partial charge is 0.353 e. The zero-order chi connectivity index (χ0) is 17.9. The zero-order valence-electron chi connectivity index (χ0n) is 13.9. The number of benzene rings is 2. The average Bonchev–Trinajstić information content (AvgIpc) is 3.10. The van der Waals surface area contributed by atoms with Crippen molar-refractivity contribution in [1.29, 1.82) is 0 Å². The number of hydrogen-bond acceptors (Lipinski definition) is 6. The van der Waals surface area contributed by atoms with Gasteiger partial charge in [-0.05, 0) is 5.56 Å². The van der Waals surface area contributed by atoms with E-state index in [2.05, 4.69) is 0 Å². The Bertz CT molecular complexity index is 727. The van der Waals surface area contributed by atoms with Gasteiger partial charge in [0.25, 0.3) is 5.60 Å². The highest BCUT2D eigenvalue weighted by Gasteiger charge is 2.64. The van der Waals surface area contributed by atoms with Crippen molar-refractivity contribution in [3.05, 3.63) is 71.8 Å². The van der Waals surface area contributed by atoms with E-state index in [9.17, 15) is 9.59 Å². The quantitative estimate of drug-likeness (QED) is 0.628. The first kappa shape index (κ1) is 17.1. The molecule has 0 spiro atoms. The van der Waals surface area contributed by atoms with Crippen molar-refractivity contribution >= 4 is 11.9 Å². The van der Waals surface area contributed by atoms with Crippen molar-refractivity contribution in [3.8, 4) is 0 Å². The summed E-state index contributed by atoms with van der Waals surface area (Å²) < 4.78 is 21.5. The minimum absolute atomic E-state index is 0.608. The minimum atomic E-state index is -2.04. The summed E-state index contributed by atoms with van der Waals surface area (Å²) in [6.45, 7) is 0. The topological polar surface area (TPSA) is 71.1 Å². The fraction of sp³-hybridized carbons (Fsp3) is 0.263. The van der Waals surface area contributed by atoms with Crippen LogP contribution in [0.5, 0.6) is 0 Å². The standard InChI is InChI=1S/C19H18O6/c1-22-17(20)19(18(21)23-2)15(13-9-5-3-6-10-13)24-16(25-19)14-11-7-4-8-12-14/h3-12,15-16H,1-2H3/t15-,16+/m0/s1. The maximum atomic E-state index is 12.6. The molecular weight excluding hydrogens is 324 g/mol. The van der Waals surface area contributed by atoms with Gasteiger partial charge < -0.3 is 18.9 Å². The molecule has 6 heteroatoms. The molecule has 6 nitrogen and oxygen atoms in total. The molecule has 1 aliphatic heterocycles. The summed E-state index contributed by atoms with van der Waals surface area (Å²) in [5, 5.41) is 0. The van der Waals surface area contributed by atoms with Gasteiger partial charge in [0.15, 0.2) is 6.29 Å². The summed E-state index contributed by atoms with van der Waals surface area (Å²) in [4.78, 5) is 25.1. The number of esters is 2. The lowest BCUT2D eigenvalue weighted by Crippen LogP contribution is -2.52. The average molecular weight is 342 g/mol. The first-order chi connectivity index (χ1) is 12.1. The Kier molecular flexibility index (Phi) is 4.83. The maximum Gasteiger partial charge on any atom is 0.353 e. The van der Waals surface area contributed by atoms with E-state index in [0.29, 0.717) is 11.1 Å². The zero-order valence-corrected chi connectivity index (χ0v) is 13.9. The summed E-state index contributed by atoms with van der Waals surface area (Å²) in [6.07, 6.45) is -1.91. The normalized spacial score (nSPS) is 21.5. The molecule has 130 valence electrons. The van der Waals surface area contributed by atoms with Crippen LogP contribution in [-0.4, -0.2) is 31.8 Å². The second kappa shape index (κ2) is 7.04. The van der Waals surface area contributed by atoms with E-state index in [0.717, 1.165) is 0 Å². The number of carbonyl (C=O) groups is 2. The van der Waals surface area contributed by atoms with E-state index < -0.39 is 29.9 Å². The van der Waals surface area contributed by atoms with Gasteiger partial charge in [-0.15, -0.1) is 0 Å². The Hall–Kier alpha value is -2.70. The van der Waals surface area contributed by atoms with Gasteiger partial charge in [-0.25, -0.2) is 9.59 Å². The van der Waals surface area contributed by atoms with Gasteiger partial charge in [0.05, 0.1) is 14.2 Å². The first-order valence-electron chi connectivity index (χ1n) is 7.73. The maximum absolute atomic E-state index is 12.6. The van der Waals surface area contributed by atoms with Crippen molar-refractivity contribution in [3.63, 3.8) is 0 Å². The molecule has 1 fully saturated rings. The van der Waals surface area contributed by atoms with Crippen LogP contribution in [0.2, 0.25) is 0 Å². The Morgan fingerprint density at radius 1 is 0.840 bits per heavy atom. The molecule has 0 aromatic heterocycles. The number of carbonyl (C=O) groups excluding carboxylic acids is 2. The molecule has 0 saturated carbocycles. The summed E-state index contributed by atoms with van der Waals surface area (Å²) in [7, 11) is 2.38. The molecule has 2 aromatic rings. The second-order valence-electron chi connectivity index (χ2n) is 5.51. The van der Waals surface area contributed by atoms with Crippen LogP contribution in [0.25, 0.3) is 0 Å². The van der Waals surface area contributed by atoms with Crippen LogP contribution >= 0.6 is 0 Å². The van der Waals surface area contributed by atoms with Gasteiger partial charge in [-0.2, -0.15) is 0 Å². The van der Waals surface area contributed by atoms with E-state index in [-0.39, 0.29) is 0 Å². The largest absolute Gasteiger partial charge is 0.466 e.